The number of benzene rings is 2. The molecule has 1 fully saturated rings. The van der Waals surface area contributed by atoms with Crippen LogP contribution in [0.15, 0.2) is 70.3 Å². The Bertz CT molecular complexity index is 983. The van der Waals surface area contributed by atoms with Crippen molar-refractivity contribution in [3.8, 4) is 0 Å². The molecule has 1 aliphatic rings. The number of aliphatic imine (C=N–C) groups is 1. The number of halogens is 1. The van der Waals surface area contributed by atoms with E-state index in [-0.39, 0.29) is 5.41 Å². The van der Waals surface area contributed by atoms with E-state index >= 15 is 0 Å². The van der Waals surface area contributed by atoms with E-state index in [4.69, 9.17) is 4.99 Å². The third-order valence-electron chi connectivity index (χ3n) is 6.73. The van der Waals surface area contributed by atoms with Gasteiger partial charge in [0.1, 0.15) is 5.84 Å². The van der Waals surface area contributed by atoms with E-state index < -0.39 is 0 Å². The van der Waals surface area contributed by atoms with Crippen molar-refractivity contribution in [2.75, 3.05) is 13.1 Å². The molecule has 0 atom stereocenters. The molecule has 0 aromatic heterocycles. The zero-order valence-electron chi connectivity index (χ0n) is 19.9. The summed E-state index contributed by atoms with van der Waals surface area (Å²) in [5.41, 5.74) is 5.37. The highest BCUT2D eigenvalue weighted by Crippen LogP contribution is 2.39. The van der Waals surface area contributed by atoms with Crippen LogP contribution >= 0.6 is 15.9 Å². The molecule has 1 saturated heterocycles. The highest BCUT2D eigenvalue weighted by Gasteiger charge is 2.41. The molecule has 2 aromatic rings. The van der Waals surface area contributed by atoms with Crippen LogP contribution in [0.4, 0.5) is 0 Å². The molecular formula is C28H36BrN3. The van der Waals surface area contributed by atoms with Crippen LogP contribution < -0.4 is 0 Å². The lowest BCUT2D eigenvalue weighted by Gasteiger charge is -2.43. The Morgan fingerprint density at radius 1 is 1.16 bits per heavy atom. The molecule has 0 unspecified atom stereocenters. The molecular weight excluding hydrogens is 458 g/mol. The van der Waals surface area contributed by atoms with E-state index in [0.717, 1.165) is 54.5 Å². The van der Waals surface area contributed by atoms with Gasteiger partial charge in [-0.25, -0.2) is 4.99 Å². The number of hydrogen-bond acceptors (Lipinski definition) is 2. The maximum Gasteiger partial charge on any atom is 0.131 e. The van der Waals surface area contributed by atoms with Gasteiger partial charge in [-0.2, -0.15) is 0 Å². The maximum absolute atomic E-state index is 9.19. The Morgan fingerprint density at radius 2 is 1.81 bits per heavy atom. The van der Waals surface area contributed by atoms with Gasteiger partial charge in [-0.3, -0.25) is 5.41 Å². The highest BCUT2D eigenvalue weighted by atomic mass is 79.9. The fourth-order valence-corrected chi connectivity index (χ4v) is 5.03. The van der Waals surface area contributed by atoms with E-state index in [1.807, 2.05) is 13.0 Å². The molecule has 3 nitrogen and oxygen atoms in total. The zero-order chi connectivity index (χ0) is 23.3. The molecule has 1 aliphatic heterocycles. The van der Waals surface area contributed by atoms with Crippen LogP contribution in [0.3, 0.4) is 0 Å². The largest absolute Gasteiger partial charge is 0.375 e. The molecule has 32 heavy (non-hydrogen) atoms. The Hall–Kier alpha value is -2.20. The van der Waals surface area contributed by atoms with Crippen molar-refractivity contribution in [2.24, 2.45) is 10.9 Å². The van der Waals surface area contributed by atoms with E-state index in [1.165, 1.54) is 16.8 Å². The molecule has 1 N–H and O–H groups in total. The van der Waals surface area contributed by atoms with Crippen LogP contribution in [-0.4, -0.2) is 29.5 Å². The summed E-state index contributed by atoms with van der Waals surface area (Å²) in [6.45, 7) is 14.8. The summed E-state index contributed by atoms with van der Waals surface area (Å²) in [6.07, 6.45) is 3.85. The van der Waals surface area contributed by atoms with Gasteiger partial charge >= 0.3 is 0 Å². The molecule has 2 aromatic carbocycles. The van der Waals surface area contributed by atoms with Gasteiger partial charge in [0.2, 0.25) is 0 Å². The number of amidine groups is 1. The number of nitrogens with zero attached hydrogens (tertiary/aromatic N) is 2. The van der Waals surface area contributed by atoms with Gasteiger partial charge < -0.3 is 4.90 Å². The number of allylic oxidation sites excluding steroid dienone is 1. The highest BCUT2D eigenvalue weighted by molar-refractivity contribution is 9.10. The molecule has 0 aliphatic carbocycles. The van der Waals surface area contributed by atoms with Gasteiger partial charge in [-0.1, -0.05) is 86.1 Å². The zero-order valence-corrected chi connectivity index (χ0v) is 21.5. The van der Waals surface area contributed by atoms with Crippen LogP contribution in [0.5, 0.6) is 0 Å². The van der Waals surface area contributed by atoms with Crippen molar-refractivity contribution in [1.29, 1.82) is 5.41 Å². The average Bonchev–Trinajstić information content (AvgIpc) is 2.80. The van der Waals surface area contributed by atoms with Gasteiger partial charge in [-0.05, 0) is 55.4 Å². The fraction of sp³-hybridized carbons (Fsp3) is 0.429. The molecule has 0 spiro atoms. The van der Waals surface area contributed by atoms with Crippen LogP contribution in [0.2, 0.25) is 0 Å². The third kappa shape index (κ3) is 5.23. The number of hydrogen-bond donors (Lipinski definition) is 1. The number of likely N-dealkylation sites (tertiary alicyclic amines) is 1. The smallest absolute Gasteiger partial charge is 0.131 e. The van der Waals surface area contributed by atoms with Crippen LogP contribution in [0.1, 0.15) is 63.6 Å². The van der Waals surface area contributed by atoms with Crippen LogP contribution in [0.25, 0.3) is 0 Å². The van der Waals surface area contributed by atoms with Crippen LogP contribution in [0, 0.1) is 11.3 Å². The predicted octanol–water partition coefficient (Wildman–Crippen LogP) is 7.39. The van der Waals surface area contributed by atoms with Crippen molar-refractivity contribution in [3.63, 3.8) is 0 Å². The number of rotatable bonds is 7. The molecule has 3 rings (SSSR count). The fourth-order valence-electron chi connectivity index (χ4n) is 4.67. The minimum absolute atomic E-state index is 0.368. The lowest BCUT2D eigenvalue weighted by molar-refractivity contribution is 0.219. The van der Waals surface area contributed by atoms with E-state index in [0.29, 0.717) is 11.8 Å². The van der Waals surface area contributed by atoms with Gasteiger partial charge in [0, 0.05) is 34.5 Å². The molecule has 0 radical (unpaired) electrons. The summed E-state index contributed by atoms with van der Waals surface area (Å²) in [7, 11) is 0. The van der Waals surface area contributed by atoms with Crippen molar-refractivity contribution in [2.45, 2.75) is 58.8 Å². The predicted molar refractivity (Wildman–Crippen MR) is 141 cm³/mol. The second-order valence-electron chi connectivity index (χ2n) is 9.18. The van der Waals surface area contributed by atoms with Gasteiger partial charge in [0.05, 0.1) is 5.41 Å². The first-order valence-electron chi connectivity index (χ1n) is 11.7. The third-order valence-corrected chi connectivity index (χ3v) is 7.22. The topological polar surface area (TPSA) is 39.5 Å². The van der Waals surface area contributed by atoms with E-state index in [9.17, 15) is 5.41 Å². The number of nitrogens with one attached hydrogen (secondary N) is 1. The van der Waals surface area contributed by atoms with E-state index in [2.05, 4.69) is 90.6 Å². The lowest BCUT2D eigenvalue weighted by atomic mass is 9.71. The summed E-state index contributed by atoms with van der Waals surface area (Å²) >= 11 is 3.62. The second-order valence-corrected chi connectivity index (χ2v) is 10.1. The number of piperidine rings is 1. The molecule has 4 heteroatoms. The first kappa shape index (κ1) is 24.4. The van der Waals surface area contributed by atoms with Crippen molar-refractivity contribution < 1.29 is 0 Å². The average molecular weight is 495 g/mol. The Morgan fingerprint density at radius 3 is 2.41 bits per heavy atom. The monoisotopic (exact) mass is 493 g/mol. The summed E-state index contributed by atoms with van der Waals surface area (Å²) in [6, 6.07) is 16.9. The van der Waals surface area contributed by atoms with Crippen LogP contribution in [-0.2, 0) is 11.8 Å². The standard InChI is InChI=1S/C28H36BrN3/c1-6-10-23-13-14-25(29)19-26(23)21(4)31-27(30)28(24-11-8-7-9-12-24)15-17-32(18-16-28)22(5)20(2)3/h7-9,11-14,19-20,30H,5-6,10,15-18H2,1-4H3. The summed E-state index contributed by atoms with van der Waals surface area (Å²) < 4.78 is 1.05. The second kappa shape index (κ2) is 10.6. The van der Waals surface area contributed by atoms with Crippen molar-refractivity contribution in [3.05, 3.63) is 82.0 Å². The molecule has 170 valence electrons. The quantitative estimate of drug-likeness (QED) is 0.316. The summed E-state index contributed by atoms with van der Waals surface area (Å²) in [4.78, 5) is 7.34. The first-order chi connectivity index (χ1) is 15.3. The lowest BCUT2D eigenvalue weighted by Crippen LogP contribution is -2.46. The Balaban J connectivity index is 1.96. The molecule has 1 heterocycles. The molecule has 0 saturated carbocycles. The Labute approximate surface area is 202 Å². The molecule has 0 amide bonds. The Kier molecular flexibility index (Phi) is 8.10. The maximum atomic E-state index is 9.19. The van der Waals surface area contributed by atoms with Gasteiger partial charge in [0.25, 0.3) is 0 Å². The van der Waals surface area contributed by atoms with Crippen molar-refractivity contribution in [1.82, 2.24) is 4.90 Å². The SMILES string of the molecule is C=C(C(C)C)N1CCC(C(=N)N=C(C)c2cc(Br)ccc2CCC)(c2ccccc2)CC1. The summed E-state index contributed by atoms with van der Waals surface area (Å²) in [5, 5.41) is 9.19. The first-order valence-corrected chi connectivity index (χ1v) is 12.5. The minimum atomic E-state index is -0.368. The van der Waals surface area contributed by atoms with E-state index in [1.54, 1.807) is 0 Å². The number of aryl methyl sites for hydroxylation is 1. The minimum Gasteiger partial charge on any atom is -0.375 e. The van der Waals surface area contributed by atoms with Crippen molar-refractivity contribution >= 4 is 27.5 Å². The van der Waals surface area contributed by atoms with Gasteiger partial charge in [0.15, 0.2) is 0 Å². The van der Waals surface area contributed by atoms with Gasteiger partial charge in [-0.15, -0.1) is 0 Å². The normalized spacial score (nSPS) is 16.3. The molecule has 0 bridgehead atoms. The summed E-state index contributed by atoms with van der Waals surface area (Å²) in [5.74, 6) is 0.908.